The fraction of sp³-hybridized carbons (Fsp3) is 0.188. The van der Waals surface area contributed by atoms with E-state index in [0.717, 1.165) is 20.2 Å². The molecule has 1 N–H and O–H groups in total. The van der Waals surface area contributed by atoms with Crippen molar-refractivity contribution in [2.45, 2.75) is 24.5 Å². The first-order valence-electron chi connectivity index (χ1n) is 6.70. The van der Waals surface area contributed by atoms with Gasteiger partial charge in [-0.2, -0.15) is 5.26 Å². The Morgan fingerprint density at radius 3 is 2.73 bits per heavy atom. The zero-order valence-electron chi connectivity index (χ0n) is 12.1. The summed E-state index contributed by atoms with van der Waals surface area (Å²) in [6, 6.07) is 9.47. The third kappa shape index (κ3) is 2.78. The van der Waals surface area contributed by atoms with Crippen LogP contribution in [-0.2, 0) is 5.75 Å². The van der Waals surface area contributed by atoms with Crippen LogP contribution in [-0.4, -0.2) is 9.97 Å². The number of nitrogens with zero attached hydrogens (tertiary/aromatic N) is 2. The van der Waals surface area contributed by atoms with E-state index in [1.165, 1.54) is 0 Å². The van der Waals surface area contributed by atoms with E-state index in [1.54, 1.807) is 35.2 Å². The molecule has 0 radical (unpaired) electrons. The van der Waals surface area contributed by atoms with Gasteiger partial charge in [0.15, 0.2) is 0 Å². The molecule has 0 atom stereocenters. The van der Waals surface area contributed by atoms with Crippen LogP contribution in [0.25, 0.3) is 10.2 Å². The molecule has 22 heavy (non-hydrogen) atoms. The third-order valence-corrected chi connectivity index (χ3v) is 5.57. The Morgan fingerprint density at radius 2 is 2.05 bits per heavy atom. The van der Waals surface area contributed by atoms with E-state index >= 15 is 0 Å². The van der Waals surface area contributed by atoms with Crippen LogP contribution >= 0.6 is 23.1 Å². The number of H-pyrrole nitrogens is 1. The zero-order valence-corrected chi connectivity index (χ0v) is 13.8. The molecule has 1 aromatic carbocycles. The van der Waals surface area contributed by atoms with Gasteiger partial charge >= 0.3 is 0 Å². The number of hydrogen-bond acceptors (Lipinski definition) is 5. The van der Waals surface area contributed by atoms with E-state index < -0.39 is 0 Å². The molecule has 0 aliphatic heterocycles. The number of thiophene rings is 1. The van der Waals surface area contributed by atoms with Crippen LogP contribution in [0, 0.1) is 25.2 Å². The maximum atomic E-state index is 12.2. The molecular formula is C16H13N3OS2. The molecule has 0 spiro atoms. The van der Waals surface area contributed by atoms with Crippen molar-refractivity contribution >= 4 is 33.3 Å². The summed E-state index contributed by atoms with van der Waals surface area (Å²) in [6.45, 7) is 3.96. The first kappa shape index (κ1) is 14.8. The Hall–Kier alpha value is -2.10. The van der Waals surface area contributed by atoms with Crippen molar-refractivity contribution in [1.29, 1.82) is 5.26 Å². The molecule has 0 aliphatic rings. The fourth-order valence-electron chi connectivity index (χ4n) is 2.14. The van der Waals surface area contributed by atoms with E-state index in [1.807, 2.05) is 26.0 Å². The number of nitriles is 1. The number of aromatic nitrogens is 2. The Morgan fingerprint density at radius 1 is 1.32 bits per heavy atom. The second-order valence-electron chi connectivity index (χ2n) is 4.90. The molecule has 2 aromatic heterocycles. The molecule has 6 heteroatoms. The molecule has 0 bridgehead atoms. The normalized spacial score (nSPS) is 10.8. The highest BCUT2D eigenvalue weighted by Gasteiger charge is 2.11. The Labute approximate surface area is 135 Å². The lowest BCUT2D eigenvalue weighted by molar-refractivity contribution is 1.04. The Bertz CT molecular complexity index is 933. The van der Waals surface area contributed by atoms with E-state index in [0.29, 0.717) is 22.5 Å². The van der Waals surface area contributed by atoms with Crippen molar-refractivity contribution in [3.8, 4) is 6.07 Å². The van der Waals surface area contributed by atoms with Crippen LogP contribution in [0.2, 0.25) is 0 Å². The van der Waals surface area contributed by atoms with Gasteiger partial charge < -0.3 is 4.98 Å². The number of nitrogens with one attached hydrogen (secondary N) is 1. The SMILES string of the molecule is Cc1sc2nc(CSc3ccc(C#N)cc3)[nH]c(=O)c2c1C. The van der Waals surface area contributed by atoms with E-state index in [4.69, 9.17) is 5.26 Å². The maximum Gasteiger partial charge on any atom is 0.259 e. The van der Waals surface area contributed by atoms with Crippen molar-refractivity contribution in [3.63, 3.8) is 0 Å². The fourth-order valence-corrected chi connectivity index (χ4v) is 3.96. The largest absolute Gasteiger partial charge is 0.309 e. The van der Waals surface area contributed by atoms with Gasteiger partial charge in [0, 0.05) is 9.77 Å². The summed E-state index contributed by atoms with van der Waals surface area (Å²) >= 11 is 3.14. The van der Waals surface area contributed by atoms with Crippen LogP contribution in [0.3, 0.4) is 0 Å². The number of aryl methyl sites for hydroxylation is 2. The minimum absolute atomic E-state index is 0.0673. The summed E-state index contributed by atoms with van der Waals surface area (Å²) < 4.78 is 0. The highest BCUT2D eigenvalue weighted by atomic mass is 32.2. The van der Waals surface area contributed by atoms with Gasteiger partial charge in [0.25, 0.3) is 5.56 Å². The van der Waals surface area contributed by atoms with Gasteiger partial charge in [-0.3, -0.25) is 4.79 Å². The number of aromatic amines is 1. The lowest BCUT2D eigenvalue weighted by Crippen LogP contribution is -2.10. The maximum absolute atomic E-state index is 12.2. The lowest BCUT2D eigenvalue weighted by atomic mass is 10.2. The molecule has 2 heterocycles. The molecule has 0 aliphatic carbocycles. The highest BCUT2D eigenvalue weighted by Crippen LogP contribution is 2.27. The summed E-state index contributed by atoms with van der Waals surface area (Å²) in [7, 11) is 0. The molecule has 3 aromatic rings. The average molecular weight is 327 g/mol. The van der Waals surface area contributed by atoms with Gasteiger partial charge in [-0.15, -0.1) is 23.1 Å². The first-order valence-corrected chi connectivity index (χ1v) is 8.50. The van der Waals surface area contributed by atoms with Gasteiger partial charge in [-0.25, -0.2) is 4.98 Å². The van der Waals surface area contributed by atoms with Crippen molar-refractivity contribution in [1.82, 2.24) is 9.97 Å². The number of hydrogen-bond donors (Lipinski definition) is 1. The monoisotopic (exact) mass is 327 g/mol. The van der Waals surface area contributed by atoms with Crippen molar-refractivity contribution < 1.29 is 0 Å². The number of thioether (sulfide) groups is 1. The van der Waals surface area contributed by atoms with Gasteiger partial charge in [-0.1, -0.05) is 0 Å². The molecule has 0 unspecified atom stereocenters. The van der Waals surface area contributed by atoms with Crippen molar-refractivity contribution in [3.05, 3.63) is 56.4 Å². The Kier molecular flexibility index (Phi) is 4.01. The lowest BCUT2D eigenvalue weighted by Gasteiger charge is -2.02. The summed E-state index contributed by atoms with van der Waals surface area (Å²) in [4.78, 5) is 22.6. The number of benzene rings is 1. The van der Waals surface area contributed by atoms with Crippen LogP contribution in [0.1, 0.15) is 21.8 Å². The van der Waals surface area contributed by atoms with Crippen LogP contribution < -0.4 is 5.56 Å². The standard InChI is InChI=1S/C16H13N3OS2/c1-9-10(2)22-16-14(9)15(20)18-13(19-16)8-21-12-5-3-11(7-17)4-6-12/h3-6H,8H2,1-2H3,(H,18,19,20). The predicted octanol–water partition coefficient (Wildman–Crippen LogP) is 3.77. The third-order valence-electron chi connectivity index (χ3n) is 3.45. The minimum Gasteiger partial charge on any atom is -0.309 e. The molecule has 0 fully saturated rings. The molecule has 0 saturated heterocycles. The van der Waals surface area contributed by atoms with Crippen molar-refractivity contribution in [2.75, 3.05) is 0 Å². The Balaban J connectivity index is 1.85. The number of fused-ring (bicyclic) bond motifs is 1. The van der Waals surface area contributed by atoms with Crippen LogP contribution in [0.4, 0.5) is 0 Å². The second-order valence-corrected chi connectivity index (χ2v) is 7.15. The summed E-state index contributed by atoms with van der Waals surface area (Å²) in [6.07, 6.45) is 0. The quantitative estimate of drug-likeness (QED) is 0.744. The van der Waals surface area contributed by atoms with Gasteiger partial charge in [0.05, 0.1) is 22.8 Å². The van der Waals surface area contributed by atoms with Crippen LogP contribution in [0.5, 0.6) is 0 Å². The highest BCUT2D eigenvalue weighted by molar-refractivity contribution is 7.98. The molecule has 0 amide bonds. The molecule has 4 nitrogen and oxygen atoms in total. The predicted molar refractivity (Wildman–Crippen MR) is 90.4 cm³/mol. The van der Waals surface area contributed by atoms with Crippen molar-refractivity contribution in [2.24, 2.45) is 0 Å². The van der Waals surface area contributed by atoms with E-state index in [9.17, 15) is 4.79 Å². The van der Waals surface area contributed by atoms with Gasteiger partial charge in [0.2, 0.25) is 0 Å². The summed E-state index contributed by atoms with van der Waals surface area (Å²) in [5.74, 6) is 1.26. The summed E-state index contributed by atoms with van der Waals surface area (Å²) in [5.41, 5.74) is 1.59. The minimum atomic E-state index is -0.0673. The number of rotatable bonds is 3. The topological polar surface area (TPSA) is 69.5 Å². The molecule has 3 rings (SSSR count). The summed E-state index contributed by atoms with van der Waals surface area (Å²) in [5, 5.41) is 9.49. The smallest absolute Gasteiger partial charge is 0.259 e. The molecule has 0 saturated carbocycles. The van der Waals surface area contributed by atoms with Crippen LogP contribution in [0.15, 0.2) is 34.0 Å². The molecular weight excluding hydrogens is 314 g/mol. The second kappa shape index (κ2) is 5.95. The van der Waals surface area contributed by atoms with Gasteiger partial charge in [0.1, 0.15) is 10.7 Å². The van der Waals surface area contributed by atoms with Gasteiger partial charge in [-0.05, 0) is 43.7 Å². The van der Waals surface area contributed by atoms with E-state index in [-0.39, 0.29) is 5.56 Å². The molecule has 110 valence electrons. The average Bonchev–Trinajstić information content (AvgIpc) is 2.81. The van der Waals surface area contributed by atoms with E-state index in [2.05, 4.69) is 16.0 Å². The first-order chi connectivity index (χ1) is 10.6. The zero-order chi connectivity index (χ0) is 15.7.